The number of hydrogen-bond donors (Lipinski definition) is 2. The van der Waals surface area contributed by atoms with Gasteiger partial charge in [-0.3, -0.25) is 0 Å². The first-order chi connectivity index (χ1) is 19.3. The third kappa shape index (κ3) is 6.63. The topological polar surface area (TPSA) is 103 Å². The Kier molecular flexibility index (Phi) is 7.72. The van der Waals surface area contributed by atoms with Crippen LogP contribution < -0.4 is 20.1 Å². The molecule has 0 saturated heterocycles. The highest BCUT2D eigenvalue weighted by molar-refractivity contribution is 6.00. The molecule has 0 spiro atoms. The van der Waals surface area contributed by atoms with Gasteiger partial charge in [0.1, 0.15) is 29.5 Å². The van der Waals surface area contributed by atoms with Gasteiger partial charge >= 0.3 is 6.03 Å². The number of pyridine rings is 1. The number of hydrogen-bond acceptors (Lipinski definition) is 6. The largest absolute Gasteiger partial charge is 0.487 e. The standard InChI is InChI=1S/C31H30N6O3/c1-31(2,3)26-15-7-8-17-28(26)40-29-27(16-10-18-32-29)34-30(38)33-22-11-9-14-25(19-22)39-21-23-20-37(36-35-23)24-12-5-4-6-13-24/h4-20H,21H2,1-3H3,(H2,33,34,38). The Bertz CT molecular complexity index is 1590. The van der Waals surface area contributed by atoms with Crippen molar-refractivity contribution in [2.75, 3.05) is 10.6 Å². The number of urea groups is 1. The maximum Gasteiger partial charge on any atom is 0.323 e. The van der Waals surface area contributed by atoms with E-state index in [4.69, 9.17) is 9.47 Å². The summed E-state index contributed by atoms with van der Waals surface area (Å²) in [7, 11) is 0. The molecule has 0 atom stereocenters. The molecule has 5 rings (SSSR count). The summed E-state index contributed by atoms with van der Waals surface area (Å²) in [6.45, 7) is 6.58. The second-order valence-corrected chi connectivity index (χ2v) is 10.1. The van der Waals surface area contributed by atoms with Crippen LogP contribution in [0.1, 0.15) is 32.0 Å². The summed E-state index contributed by atoms with van der Waals surface area (Å²) in [6, 6.07) is 27.7. The fourth-order valence-corrected chi connectivity index (χ4v) is 4.02. The van der Waals surface area contributed by atoms with E-state index in [-0.39, 0.29) is 12.0 Å². The second kappa shape index (κ2) is 11.7. The molecule has 0 aliphatic carbocycles. The van der Waals surface area contributed by atoms with Crippen LogP contribution in [0.3, 0.4) is 0 Å². The molecule has 2 aromatic heterocycles. The Balaban J connectivity index is 1.21. The molecule has 40 heavy (non-hydrogen) atoms. The predicted octanol–water partition coefficient (Wildman–Crippen LogP) is 6.98. The number of nitrogens with one attached hydrogen (secondary N) is 2. The molecule has 2 amide bonds. The highest BCUT2D eigenvalue weighted by Crippen LogP contribution is 2.35. The number of rotatable bonds is 8. The Hall–Kier alpha value is -5.18. The number of nitrogens with zero attached hydrogens (tertiary/aromatic N) is 4. The van der Waals surface area contributed by atoms with E-state index < -0.39 is 6.03 Å². The lowest BCUT2D eigenvalue weighted by molar-refractivity contribution is 0.262. The third-order valence-corrected chi connectivity index (χ3v) is 5.96. The highest BCUT2D eigenvalue weighted by Gasteiger charge is 2.20. The Morgan fingerprint density at radius 2 is 1.70 bits per heavy atom. The summed E-state index contributed by atoms with van der Waals surface area (Å²) in [5.74, 6) is 1.57. The molecule has 0 aliphatic heterocycles. The van der Waals surface area contributed by atoms with Crippen LogP contribution in [0.15, 0.2) is 103 Å². The van der Waals surface area contributed by atoms with E-state index in [2.05, 4.69) is 46.7 Å². The van der Waals surface area contributed by atoms with Gasteiger partial charge in [0.15, 0.2) is 0 Å². The molecule has 5 aromatic rings. The first-order valence-corrected chi connectivity index (χ1v) is 12.8. The van der Waals surface area contributed by atoms with Crippen LogP contribution in [0.5, 0.6) is 17.4 Å². The average Bonchev–Trinajstić information content (AvgIpc) is 3.43. The molecule has 0 aliphatic rings. The highest BCUT2D eigenvalue weighted by atomic mass is 16.5. The van der Waals surface area contributed by atoms with Crippen molar-refractivity contribution in [3.05, 3.63) is 115 Å². The zero-order chi connectivity index (χ0) is 28.0. The smallest absolute Gasteiger partial charge is 0.323 e. The maximum absolute atomic E-state index is 12.9. The van der Waals surface area contributed by atoms with E-state index in [0.29, 0.717) is 34.4 Å². The summed E-state index contributed by atoms with van der Waals surface area (Å²) in [4.78, 5) is 17.2. The molecule has 0 bridgehead atoms. The molecule has 0 unspecified atom stereocenters. The number of carbonyl (C=O) groups excluding carboxylic acids is 1. The SMILES string of the molecule is CC(C)(C)c1ccccc1Oc1ncccc1NC(=O)Nc1cccc(OCc2cn(-c3ccccc3)nn2)c1. The average molecular weight is 535 g/mol. The number of amides is 2. The number of para-hydroxylation sites is 2. The Labute approximate surface area is 232 Å². The minimum Gasteiger partial charge on any atom is -0.487 e. The van der Waals surface area contributed by atoms with E-state index in [0.717, 1.165) is 11.3 Å². The van der Waals surface area contributed by atoms with Gasteiger partial charge in [0, 0.05) is 23.5 Å². The van der Waals surface area contributed by atoms with Crippen molar-refractivity contribution in [2.45, 2.75) is 32.8 Å². The van der Waals surface area contributed by atoms with Crippen molar-refractivity contribution < 1.29 is 14.3 Å². The predicted molar refractivity (Wildman–Crippen MR) is 154 cm³/mol. The molecule has 3 aromatic carbocycles. The van der Waals surface area contributed by atoms with Gasteiger partial charge in [0.25, 0.3) is 0 Å². The van der Waals surface area contributed by atoms with Crippen LogP contribution in [-0.4, -0.2) is 26.0 Å². The van der Waals surface area contributed by atoms with E-state index in [1.807, 2.05) is 66.9 Å². The maximum atomic E-state index is 12.9. The van der Waals surface area contributed by atoms with Gasteiger partial charge in [0.2, 0.25) is 5.88 Å². The third-order valence-electron chi connectivity index (χ3n) is 5.96. The molecule has 9 heteroatoms. The normalized spacial score (nSPS) is 11.1. The van der Waals surface area contributed by atoms with Crippen molar-refractivity contribution in [2.24, 2.45) is 0 Å². The van der Waals surface area contributed by atoms with Crippen LogP contribution in [-0.2, 0) is 12.0 Å². The van der Waals surface area contributed by atoms with Crippen molar-refractivity contribution in [1.82, 2.24) is 20.0 Å². The molecule has 9 nitrogen and oxygen atoms in total. The number of aromatic nitrogens is 4. The molecular weight excluding hydrogens is 504 g/mol. The van der Waals surface area contributed by atoms with Crippen LogP contribution >= 0.6 is 0 Å². The minimum atomic E-state index is -0.440. The fourth-order valence-electron chi connectivity index (χ4n) is 4.02. The summed E-state index contributed by atoms with van der Waals surface area (Å²) in [6.07, 6.45) is 3.44. The summed E-state index contributed by atoms with van der Waals surface area (Å²) < 4.78 is 13.7. The molecule has 2 heterocycles. The van der Waals surface area contributed by atoms with Crippen LogP contribution in [0.2, 0.25) is 0 Å². The molecule has 0 fully saturated rings. The Morgan fingerprint density at radius 3 is 2.52 bits per heavy atom. The molecular formula is C31H30N6O3. The van der Waals surface area contributed by atoms with Gasteiger partial charge in [-0.2, -0.15) is 0 Å². The van der Waals surface area contributed by atoms with Crippen LogP contribution in [0.25, 0.3) is 5.69 Å². The van der Waals surface area contributed by atoms with Gasteiger partial charge in [0.05, 0.1) is 11.9 Å². The lowest BCUT2D eigenvalue weighted by atomic mass is 9.86. The number of carbonyl (C=O) groups is 1. The van der Waals surface area contributed by atoms with Gasteiger partial charge < -0.3 is 20.1 Å². The van der Waals surface area contributed by atoms with Gasteiger partial charge in [-0.15, -0.1) is 5.10 Å². The number of anilines is 2. The molecule has 2 N–H and O–H groups in total. The minimum absolute atomic E-state index is 0.123. The fraction of sp³-hybridized carbons (Fsp3) is 0.161. The van der Waals surface area contributed by atoms with E-state index >= 15 is 0 Å². The zero-order valence-electron chi connectivity index (χ0n) is 22.5. The van der Waals surface area contributed by atoms with E-state index in [9.17, 15) is 4.79 Å². The van der Waals surface area contributed by atoms with E-state index in [1.165, 1.54) is 0 Å². The summed E-state index contributed by atoms with van der Waals surface area (Å²) >= 11 is 0. The second-order valence-electron chi connectivity index (χ2n) is 10.1. The van der Waals surface area contributed by atoms with Crippen LogP contribution in [0.4, 0.5) is 16.2 Å². The quantitative estimate of drug-likeness (QED) is 0.223. The Morgan fingerprint density at radius 1 is 0.900 bits per heavy atom. The number of ether oxygens (including phenoxy) is 2. The van der Waals surface area contributed by atoms with E-state index in [1.54, 1.807) is 41.2 Å². The molecule has 0 radical (unpaired) electrons. The lowest BCUT2D eigenvalue weighted by Crippen LogP contribution is -2.20. The monoisotopic (exact) mass is 534 g/mol. The summed E-state index contributed by atoms with van der Waals surface area (Å²) in [5.41, 5.74) is 3.51. The van der Waals surface area contributed by atoms with Crippen molar-refractivity contribution in [3.63, 3.8) is 0 Å². The van der Waals surface area contributed by atoms with Gasteiger partial charge in [-0.1, -0.05) is 68.4 Å². The van der Waals surface area contributed by atoms with Gasteiger partial charge in [-0.05, 0) is 47.9 Å². The molecule has 0 saturated carbocycles. The first-order valence-electron chi connectivity index (χ1n) is 12.8. The first kappa shape index (κ1) is 26.4. The van der Waals surface area contributed by atoms with Crippen molar-refractivity contribution >= 4 is 17.4 Å². The van der Waals surface area contributed by atoms with Crippen molar-refractivity contribution in [3.8, 4) is 23.1 Å². The van der Waals surface area contributed by atoms with Crippen LogP contribution in [0, 0.1) is 0 Å². The summed E-state index contributed by atoms with van der Waals surface area (Å²) in [5, 5.41) is 14.0. The lowest BCUT2D eigenvalue weighted by Gasteiger charge is -2.22. The number of benzene rings is 3. The van der Waals surface area contributed by atoms with Gasteiger partial charge in [-0.25, -0.2) is 14.5 Å². The molecule has 202 valence electrons. The van der Waals surface area contributed by atoms with Crippen molar-refractivity contribution in [1.29, 1.82) is 0 Å². The zero-order valence-corrected chi connectivity index (χ0v) is 22.5.